The molecule has 27 heavy (non-hydrogen) atoms. The first kappa shape index (κ1) is 29.8. The number of halogens is 8. The number of hydrogen-bond acceptors (Lipinski definition) is 2. The second-order valence-electron chi connectivity index (χ2n) is 4.33. The van der Waals surface area contributed by atoms with Crippen molar-refractivity contribution in [2.75, 3.05) is 0 Å². The highest BCUT2D eigenvalue weighted by Gasteiger charge is 2.04. The standard InChI is InChI=1S/C8H6Cl2O.C6H4Cl2.C2H3ClO.Al.3ClH/c1-5(11)7-4-6(9)2-3-8(7)10;7-5-1-2-6(8)4-3-5;1-2(3)4;;;;/h2-4H,1H3;1-4H;1H3;;3*1H/q;;;+3;;;/p-3. The number of ketones is 1. The second-order valence-corrected chi connectivity index (χ2v) is 13.0. The maximum absolute atomic E-state index is 10.9. The second kappa shape index (κ2) is 17.5. The summed E-state index contributed by atoms with van der Waals surface area (Å²) in [7, 11) is 14.8. The number of hydrogen-bond donors (Lipinski definition) is 0. The van der Waals surface area contributed by atoms with Gasteiger partial charge < -0.3 is 0 Å². The van der Waals surface area contributed by atoms with Crippen LogP contribution < -0.4 is 0 Å². The van der Waals surface area contributed by atoms with Crippen molar-refractivity contribution in [3.63, 3.8) is 0 Å². The predicted octanol–water partition coefficient (Wildman–Crippen LogP) is 8.65. The van der Waals surface area contributed by atoms with Gasteiger partial charge in [-0.2, -0.15) is 0 Å². The average molecular weight is 548 g/mol. The van der Waals surface area contributed by atoms with Crippen molar-refractivity contribution >= 4 is 111 Å². The number of carbonyl (C=O) groups excluding carboxylic acids is 2. The summed E-state index contributed by atoms with van der Waals surface area (Å²) in [4.78, 5) is 20.1. The molecule has 0 aromatic heterocycles. The summed E-state index contributed by atoms with van der Waals surface area (Å²) in [6.07, 6.45) is 0. The fraction of sp³-hybridized carbons (Fsp3) is 0.125. The molecular formula is C16H13AlCl8O2. The van der Waals surface area contributed by atoms with Crippen molar-refractivity contribution < 1.29 is 9.59 Å². The normalized spacial score (nSPS) is 8.67. The molecule has 0 bridgehead atoms. The zero-order valence-electron chi connectivity index (χ0n) is 14.0. The summed E-state index contributed by atoms with van der Waals surface area (Å²) in [6.45, 7) is 2.75. The highest BCUT2D eigenvalue weighted by Crippen LogP contribution is 2.20. The van der Waals surface area contributed by atoms with Gasteiger partial charge in [0, 0.05) is 27.6 Å². The Morgan fingerprint density at radius 3 is 1.30 bits per heavy atom. The first-order valence-electron chi connectivity index (χ1n) is 6.82. The summed E-state index contributed by atoms with van der Waals surface area (Å²) in [5, 5.41) is 2.05. The van der Waals surface area contributed by atoms with E-state index in [9.17, 15) is 9.59 Å². The van der Waals surface area contributed by atoms with Crippen LogP contribution in [0, 0.1) is 0 Å². The molecule has 2 nitrogen and oxygen atoms in total. The minimum Gasteiger partial charge on any atom is -0.294 e. The Morgan fingerprint density at radius 1 is 0.741 bits per heavy atom. The summed E-state index contributed by atoms with van der Waals surface area (Å²) < 4.78 is 0. The molecule has 0 radical (unpaired) electrons. The largest absolute Gasteiger partial charge is 0.643 e. The van der Waals surface area contributed by atoms with E-state index in [1.54, 1.807) is 42.5 Å². The summed E-state index contributed by atoms with van der Waals surface area (Å²) in [5.74, 6) is -0.0718. The van der Waals surface area contributed by atoms with E-state index < -0.39 is 11.4 Å². The molecule has 148 valence electrons. The summed E-state index contributed by atoms with van der Waals surface area (Å²) in [6, 6.07) is 11.8. The molecule has 0 atom stereocenters. The highest BCUT2D eigenvalue weighted by atomic mass is 35.8. The van der Waals surface area contributed by atoms with Crippen LogP contribution in [0.25, 0.3) is 0 Å². The average Bonchev–Trinajstić information content (AvgIpc) is 2.52. The molecule has 0 aliphatic rings. The number of carbonyl (C=O) groups is 2. The monoisotopic (exact) mass is 544 g/mol. The summed E-state index contributed by atoms with van der Waals surface area (Å²) >= 11 is 25.4. The Balaban J connectivity index is 0. The lowest BCUT2D eigenvalue weighted by molar-refractivity contribution is -0.109. The third-order valence-electron chi connectivity index (χ3n) is 2.11. The summed E-state index contributed by atoms with van der Waals surface area (Å²) in [5.41, 5.74) is 0.471. The maximum Gasteiger partial charge on any atom is 0.643 e. The Bertz CT molecular complexity index is 680. The quantitative estimate of drug-likeness (QED) is 0.203. The first-order chi connectivity index (χ1) is 12.4. The fourth-order valence-corrected chi connectivity index (χ4v) is 1.87. The van der Waals surface area contributed by atoms with Crippen LogP contribution in [-0.4, -0.2) is 22.4 Å². The van der Waals surface area contributed by atoms with E-state index in [-0.39, 0.29) is 11.0 Å². The third kappa shape index (κ3) is 21.2. The van der Waals surface area contributed by atoms with Crippen molar-refractivity contribution in [3.8, 4) is 0 Å². The first-order valence-corrected chi connectivity index (χ1v) is 13.9. The zero-order valence-corrected chi connectivity index (χ0v) is 21.2. The van der Waals surface area contributed by atoms with E-state index in [2.05, 4.69) is 11.6 Å². The minimum atomic E-state index is -1.72. The number of rotatable bonds is 1. The lowest BCUT2D eigenvalue weighted by Gasteiger charge is -1.98. The van der Waals surface area contributed by atoms with Crippen LogP contribution in [0.3, 0.4) is 0 Å². The predicted molar refractivity (Wildman–Crippen MR) is 123 cm³/mol. The van der Waals surface area contributed by atoms with Crippen molar-refractivity contribution in [2.24, 2.45) is 0 Å². The van der Waals surface area contributed by atoms with Crippen LogP contribution in [-0.2, 0) is 4.79 Å². The van der Waals surface area contributed by atoms with Crippen molar-refractivity contribution in [1.29, 1.82) is 0 Å². The van der Waals surface area contributed by atoms with Crippen LogP contribution in [0.5, 0.6) is 0 Å². The molecule has 11 heteroatoms. The molecular weight excluding hydrogens is 535 g/mol. The van der Waals surface area contributed by atoms with Gasteiger partial charge in [0.15, 0.2) is 5.78 Å². The van der Waals surface area contributed by atoms with E-state index >= 15 is 0 Å². The topological polar surface area (TPSA) is 34.1 Å². The van der Waals surface area contributed by atoms with Gasteiger partial charge >= 0.3 is 11.4 Å². The molecule has 2 aromatic rings. The Labute approximate surface area is 200 Å². The molecule has 2 aromatic carbocycles. The van der Waals surface area contributed by atoms with E-state index in [1.165, 1.54) is 13.8 Å². The lowest BCUT2D eigenvalue weighted by atomic mass is 10.1. The molecule has 0 spiro atoms. The molecule has 0 saturated heterocycles. The van der Waals surface area contributed by atoms with Gasteiger partial charge in [0.25, 0.3) is 0 Å². The maximum atomic E-state index is 10.9. The molecule has 0 amide bonds. The van der Waals surface area contributed by atoms with Gasteiger partial charge in [-0.3, -0.25) is 9.59 Å². The Kier molecular flexibility index (Phi) is 19.3. The van der Waals surface area contributed by atoms with Crippen LogP contribution in [0.15, 0.2) is 42.5 Å². The van der Waals surface area contributed by atoms with Gasteiger partial charge in [-0.25, -0.2) is 30.1 Å². The zero-order chi connectivity index (χ0) is 21.6. The van der Waals surface area contributed by atoms with Crippen LogP contribution >= 0.6 is 88.2 Å². The molecule has 0 aliphatic carbocycles. The third-order valence-corrected chi connectivity index (χ3v) is 3.18. The molecule has 0 unspecified atom stereocenters. The van der Waals surface area contributed by atoms with Gasteiger partial charge in [-0.05, 0) is 61.0 Å². The minimum absolute atomic E-state index is 0.0718. The fourth-order valence-electron chi connectivity index (χ4n) is 1.20. The Morgan fingerprint density at radius 2 is 1.04 bits per heavy atom. The highest BCUT2D eigenvalue weighted by molar-refractivity contribution is 7.54. The molecule has 0 heterocycles. The van der Waals surface area contributed by atoms with Crippen LogP contribution in [0.2, 0.25) is 20.1 Å². The molecule has 0 N–H and O–H groups in total. The lowest BCUT2D eigenvalue weighted by Crippen LogP contribution is -1.92. The van der Waals surface area contributed by atoms with E-state index in [1.807, 2.05) is 0 Å². The van der Waals surface area contributed by atoms with Gasteiger partial charge in [0.05, 0.1) is 5.02 Å². The van der Waals surface area contributed by atoms with Gasteiger partial charge in [-0.15, -0.1) is 0 Å². The van der Waals surface area contributed by atoms with E-state index in [0.29, 0.717) is 15.6 Å². The van der Waals surface area contributed by atoms with E-state index in [0.717, 1.165) is 10.0 Å². The smallest absolute Gasteiger partial charge is 0.294 e. The number of benzene rings is 2. The molecule has 0 aliphatic heterocycles. The Hall–Kier alpha value is 0.632. The molecule has 2 rings (SSSR count). The van der Waals surface area contributed by atoms with Gasteiger partial charge in [0.2, 0.25) is 5.24 Å². The molecule has 0 saturated carbocycles. The van der Waals surface area contributed by atoms with Crippen LogP contribution in [0.1, 0.15) is 24.2 Å². The van der Waals surface area contributed by atoms with Gasteiger partial charge in [-0.1, -0.05) is 46.4 Å². The van der Waals surface area contributed by atoms with Crippen molar-refractivity contribution in [3.05, 3.63) is 68.1 Å². The van der Waals surface area contributed by atoms with Crippen molar-refractivity contribution in [2.45, 2.75) is 13.8 Å². The van der Waals surface area contributed by atoms with Crippen LogP contribution in [0.4, 0.5) is 0 Å². The van der Waals surface area contributed by atoms with Gasteiger partial charge in [0.1, 0.15) is 0 Å². The van der Waals surface area contributed by atoms with Crippen molar-refractivity contribution in [1.82, 2.24) is 0 Å². The van der Waals surface area contributed by atoms with E-state index in [4.69, 9.17) is 76.6 Å². The number of Topliss-reactive ketones (excluding diaryl/α,β-unsaturated/α-hetero) is 1. The SMILES string of the molecule is CC(=O)Cl.CC(=O)c1cc(Cl)ccc1Cl.Clc1ccc(Cl)cc1.[Cl][Al]([Cl])[Cl]. The molecule has 0 fully saturated rings.